The third-order valence-electron chi connectivity index (χ3n) is 9.37. The zero-order chi connectivity index (χ0) is 34.1. The normalized spacial score (nSPS) is 24.8. The Balaban J connectivity index is 1.59. The molecule has 2 aromatic heterocycles. The number of anilines is 2. The van der Waals surface area contributed by atoms with Crippen LogP contribution < -0.4 is 25.4 Å². The number of nitrogens with one attached hydrogen (secondary N) is 1. The maximum atomic E-state index is 16.7. The number of halogens is 7. The Labute approximate surface area is 266 Å². The Bertz CT molecular complexity index is 1710. The molecule has 16 heteroatoms. The van der Waals surface area contributed by atoms with Gasteiger partial charge in [-0.2, -0.15) is 23.1 Å². The van der Waals surface area contributed by atoms with Gasteiger partial charge in [0.2, 0.25) is 5.88 Å². The van der Waals surface area contributed by atoms with E-state index in [2.05, 4.69) is 20.3 Å². The highest BCUT2D eigenvalue weighted by molar-refractivity contribution is 5.97. The number of fused-ring (bicyclic) bond motifs is 1. The van der Waals surface area contributed by atoms with E-state index in [1.807, 2.05) is 6.92 Å². The second-order valence-corrected chi connectivity index (χ2v) is 12.9. The van der Waals surface area contributed by atoms with Crippen molar-refractivity contribution in [2.45, 2.75) is 76.2 Å². The van der Waals surface area contributed by atoms with Crippen LogP contribution in [0.1, 0.15) is 50.7 Å². The molecule has 0 radical (unpaired) electrons. The van der Waals surface area contributed by atoms with Crippen LogP contribution in [0.5, 0.6) is 11.9 Å². The van der Waals surface area contributed by atoms with Crippen molar-refractivity contribution < 1.29 is 40.2 Å². The molecule has 1 aromatic carbocycles. The minimum atomic E-state index is -5.10. The molecule has 6 rings (SSSR count). The summed E-state index contributed by atoms with van der Waals surface area (Å²) in [5.74, 6) is -6.01. The van der Waals surface area contributed by atoms with Crippen molar-refractivity contribution in [2.24, 2.45) is 0 Å². The minimum absolute atomic E-state index is 0.0398. The molecule has 3 atom stereocenters. The first-order valence-electron chi connectivity index (χ1n) is 15.5. The first-order valence-corrected chi connectivity index (χ1v) is 15.5. The van der Waals surface area contributed by atoms with Crippen LogP contribution in [0.3, 0.4) is 0 Å². The van der Waals surface area contributed by atoms with Crippen molar-refractivity contribution >= 4 is 22.4 Å². The van der Waals surface area contributed by atoms with Crippen molar-refractivity contribution in [2.75, 3.05) is 50.5 Å². The predicted octanol–water partition coefficient (Wildman–Crippen LogP) is 5.72. The molecule has 0 bridgehead atoms. The van der Waals surface area contributed by atoms with E-state index in [4.69, 9.17) is 15.2 Å². The number of benzene rings is 1. The molecule has 47 heavy (non-hydrogen) atoms. The molecule has 256 valence electrons. The van der Waals surface area contributed by atoms with Crippen molar-refractivity contribution in [3.63, 3.8) is 0 Å². The Hall–Kier alpha value is -3.66. The fourth-order valence-corrected chi connectivity index (χ4v) is 6.86. The summed E-state index contributed by atoms with van der Waals surface area (Å²) >= 11 is 0. The monoisotopic (exact) mass is 671 g/mol. The predicted molar refractivity (Wildman–Crippen MR) is 161 cm³/mol. The summed E-state index contributed by atoms with van der Waals surface area (Å²) in [5, 5.41) is 3.37. The fraction of sp³-hybridized carbons (Fsp3) is 0.581. The molecule has 2 fully saturated rings. The van der Waals surface area contributed by atoms with Gasteiger partial charge >= 0.3 is 12.2 Å². The van der Waals surface area contributed by atoms with Gasteiger partial charge in [0.15, 0.2) is 11.6 Å². The van der Waals surface area contributed by atoms with Gasteiger partial charge in [-0.3, -0.25) is 4.90 Å². The molecule has 3 aliphatic heterocycles. The number of nitrogen functional groups attached to an aromatic ring is 1. The summed E-state index contributed by atoms with van der Waals surface area (Å²) in [6.45, 7) is 5.50. The summed E-state index contributed by atoms with van der Waals surface area (Å²) in [5.41, 5.74) is -0.450. The number of nitrogens with zero attached hydrogens (tertiary/aromatic N) is 5. The van der Waals surface area contributed by atoms with Gasteiger partial charge in [-0.15, -0.1) is 0 Å². The average molecular weight is 672 g/mol. The summed E-state index contributed by atoms with van der Waals surface area (Å²) in [6.07, 6.45) is -4.49. The summed E-state index contributed by atoms with van der Waals surface area (Å²) in [7, 11) is 1.68. The molecule has 3 N–H and O–H groups in total. The highest BCUT2D eigenvalue weighted by atomic mass is 19.4. The number of likely N-dealkylation sites (N-methyl/N-ethyl adjacent to an activating group) is 1. The first-order chi connectivity index (χ1) is 22.0. The molecule has 5 heterocycles. The molecule has 9 nitrogen and oxygen atoms in total. The fourth-order valence-electron chi connectivity index (χ4n) is 6.86. The molecule has 0 amide bonds. The van der Waals surface area contributed by atoms with Gasteiger partial charge in [0.25, 0.3) is 5.92 Å². The van der Waals surface area contributed by atoms with Crippen LogP contribution in [0.15, 0.2) is 6.07 Å². The zero-order valence-corrected chi connectivity index (χ0v) is 26.4. The maximum absolute atomic E-state index is 16.7. The van der Waals surface area contributed by atoms with Crippen LogP contribution in [0.4, 0.5) is 42.2 Å². The Morgan fingerprint density at radius 3 is 2.55 bits per heavy atom. The Morgan fingerprint density at radius 1 is 1.17 bits per heavy atom. The number of nitrogens with two attached hydrogens (primary N) is 1. The number of aryl methyl sites for hydroxylation is 1. The van der Waals surface area contributed by atoms with Crippen LogP contribution in [-0.2, 0) is 6.18 Å². The molecule has 0 unspecified atom stereocenters. The quantitative estimate of drug-likeness (QED) is 0.261. The minimum Gasteiger partial charge on any atom is -0.474 e. The molecule has 0 spiro atoms. The van der Waals surface area contributed by atoms with Crippen molar-refractivity contribution in [1.82, 2.24) is 25.2 Å². The van der Waals surface area contributed by atoms with Crippen molar-refractivity contribution in [1.29, 1.82) is 0 Å². The van der Waals surface area contributed by atoms with Crippen LogP contribution in [0.25, 0.3) is 22.2 Å². The smallest absolute Gasteiger partial charge is 0.417 e. The van der Waals surface area contributed by atoms with E-state index in [1.165, 1.54) is 0 Å². The van der Waals surface area contributed by atoms with E-state index in [-0.39, 0.29) is 35.7 Å². The lowest BCUT2D eigenvalue weighted by molar-refractivity contribution is -0.137. The third-order valence-corrected chi connectivity index (χ3v) is 9.37. The number of aromatic nitrogens is 3. The van der Waals surface area contributed by atoms with Crippen molar-refractivity contribution in [3.8, 4) is 23.1 Å². The Kier molecular flexibility index (Phi) is 8.34. The van der Waals surface area contributed by atoms with Gasteiger partial charge in [-0.25, -0.2) is 22.5 Å². The maximum Gasteiger partial charge on any atom is 0.417 e. The summed E-state index contributed by atoms with van der Waals surface area (Å²) in [6, 6.07) is 0.396. The van der Waals surface area contributed by atoms with E-state index in [9.17, 15) is 22.0 Å². The van der Waals surface area contributed by atoms with Crippen LogP contribution in [0.2, 0.25) is 0 Å². The number of rotatable bonds is 5. The molecule has 3 aromatic rings. The second kappa shape index (κ2) is 11.8. The number of pyridine rings is 1. The number of hydrogen-bond acceptors (Lipinski definition) is 9. The largest absolute Gasteiger partial charge is 0.474 e. The van der Waals surface area contributed by atoms with Crippen LogP contribution >= 0.6 is 0 Å². The van der Waals surface area contributed by atoms with E-state index < -0.39 is 81.9 Å². The van der Waals surface area contributed by atoms with Gasteiger partial charge in [-0.05, 0) is 51.3 Å². The van der Waals surface area contributed by atoms with E-state index in [0.717, 1.165) is 19.4 Å². The van der Waals surface area contributed by atoms with Gasteiger partial charge in [-0.1, -0.05) is 6.92 Å². The van der Waals surface area contributed by atoms with E-state index in [1.54, 1.807) is 23.8 Å². The van der Waals surface area contributed by atoms with E-state index >= 15 is 8.78 Å². The van der Waals surface area contributed by atoms with Gasteiger partial charge < -0.3 is 25.4 Å². The topological polar surface area (TPSA) is 102 Å². The van der Waals surface area contributed by atoms with Crippen LogP contribution in [0, 0.1) is 18.6 Å². The lowest BCUT2D eigenvalue weighted by Crippen LogP contribution is -2.59. The van der Waals surface area contributed by atoms with Gasteiger partial charge in [0.1, 0.15) is 29.0 Å². The third kappa shape index (κ3) is 5.98. The summed E-state index contributed by atoms with van der Waals surface area (Å²) in [4.78, 5) is 16.3. The van der Waals surface area contributed by atoms with Gasteiger partial charge in [0.05, 0.1) is 35.0 Å². The lowest BCUT2D eigenvalue weighted by Gasteiger charge is -2.46. The van der Waals surface area contributed by atoms with Crippen molar-refractivity contribution in [3.05, 3.63) is 28.8 Å². The number of alkyl halides is 5. The molecular weight excluding hydrogens is 635 g/mol. The molecule has 3 aliphatic rings. The first kappa shape index (κ1) is 33.2. The second-order valence-electron chi connectivity index (χ2n) is 12.9. The highest BCUT2D eigenvalue weighted by Crippen LogP contribution is 2.48. The summed E-state index contributed by atoms with van der Waals surface area (Å²) < 4.78 is 116. The SMILES string of the molecule is CC[C@@H]1CN(C)c2nc(OC[C@]34CCN3CC(F)(F)C4)nc3c(F)c(-c4c(F)c(N)cc(C)c4C(F)(F)F)nc(c23)O[C@@H](C)CCN1. The zero-order valence-electron chi connectivity index (χ0n) is 26.4. The highest BCUT2D eigenvalue weighted by Gasteiger charge is 2.60. The molecule has 0 saturated carbocycles. The number of ether oxygens (including phenoxy) is 2. The average Bonchev–Trinajstić information content (AvgIpc) is 3.15. The van der Waals surface area contributed by atoms with Gasteiger partial charge in [0, 0.05) is 32.6 Å². The number of hydrogen-bond donors (Lipinski definition) is 2. The molecule has 2 saturated heterocycles. The molecule has 0 aliphatic carbocycles. The van der Waals surface area contributed by atoms with E-state index in [0.29, 0.717) is 32.5 Å². The van der Waals surface area contributed by atoms with Crippen LogP contribution in [-0.4, -0.2) is 83.3 Å². The lowest BCUT2D eigenvalue weighted by atomic mass is 9.85. The Morgan fingerprint density at radius 2 is 1.91 bits per heavy atom. The standard InChI is InChI=1S/C31H36F7N7O2/c1-5-17-11-44(4)26-20-25(42-28(43-26)46-14-29-7-9-45(29)13-30(34,35)12-29)23(33)24(41-27(20)47-16(3)6-8-40-17)19-21(31(36,37)38)15(2)10-18(39)22(19)32/h10,16-17,40H,5-9,11-14,39H2,1-4H3/t16-,17+,29+/m0/s1. The molecular formula is C31H36F7N7O2.